The predicted molar refractivity (Wildman–Crippen MR) is 83.8 cm³/mol. The van der Waals surface area contributed by atoms with Crippen LogP contribution in [-0.2, 0) is 12.8 Å². The van der Waals surface area contributed by atoms with E-state index in [4.69, 9.17) is 16.3 Å². The fourth-order valence-electron chi connectivity index (χ4n) is 3.66. The molecule has 1 fully saturated rings. The Morgan fingerprint density at radius 2 is 2.15 bits per heavy atom. The first-order valence-corrected chi connectivity index (χ1v) is 7.98. The Morgan fingerprint density at radius 1 is 1.35 bits per heavy atom. The molecule has 3 heteroatoms. The summed E-state index contributed by atoms with van der Waals surface area (Å²) in [4.78, 5) is 0. The van der Waals surface area contributed by atoms with Crippen LogP contribution < -0.4 is 10.1 Å². The molecule has 2 aliphatic heterocycles. The summed E-state index contributed by atoms with van der Waals surface area (Å²) in [6.07, 6.45) is 4.46. The highest BCUT2D eigenvalue weighted by Crippen LogP contribution is 2.43. The second kappa shape index (κ2) is 4.92. The van der Waals surface area contributed by atoms with Crippen molar-refractivity contribution in [2.45, 2.75) is 52.0 Å². The normalized spacial score (nSPS) is 25.6. The van der Waals surface area contributed by atoms with Crippen molar-refractivity contribution in [3.05, 3.63) is 28.3 Å². The van der Waals surface area contributed by atoms with Crippen LogP contribution in [0.25, 0.3) is 0 Å². The number of halogens is 1. The van der Waals surface area contributed by atoms with Gasteiger partial charge in [0.1, 0.15) is 5.75 Å². The summed E-state index contributed by atoms with van der Waals surface area (Å²) in [6.45, 7) is 8.89. The van der Waals surface area contributed by atoms with Gasteiger partial charge in [0.25, 0.3) is 0 Å². The molecule has 1 atom stereocenters. The maximum atomic E-state index is 6.30. The van der Waals surface area contributed by atoms with Gasteiger partial charge in [-0.1, -0.05) is 32.4 Å². The van der Waals surface area contributed by atoms with Gasteiger partial charge in [0.05, 0.1) is 6.61 Å². The predicted octanol–water partition coefficient (Wildman–Crippen LogP) is 3.99. The van der Waals surface area contributed by atoms with Crippen LogP contribution in [0.15, 0.2) is 12.1 Å². The number of ether oxygens (including phenoxy) is 1. The molecule has 1 N–H and O–H groups in total. The molecule has 110 valence electrons. The molecule has 0 radical (unpaired) electrons. The van der Waals surface area contributed by atoms with E-state index in [0.717, 1.165) is 36.8 Å². The van der Waals surface area contributed by atoms with Crippen LogP contribution in [-0.4, -0.2) is 18.7 Å². The molecule has 0 bridgehead atoms. The van der Waals surface area contributed by atoms with Crippen molar-refractivity contribution in [2.75, 3.05) is 13.2 Å². The molecule has 20 heavy (non-hydrogen) atoms. The highest BCUT2D eigenvalue weighted by Gasteiger charge is 2.44. The lowest BCUT2D eigenvalue weighted by Gasteiger charge is -2.43. The van der Waals surface area contributed by atoms with Crippen molar-refractivity contribution in [2.24, 2.45) is 5.41 Å². The van der Waals surface area contributed by atoms with E-state index in [1.807, 2.05) is 0 Å². The average Bonchev–Trinajstić information content (AvgIpc) is 2.96. The Labute approximate surface area is 126 Å². The fourth-order valence-corrected chi connectivity index (χ4v) is 3.93. The molecule has 0 aromatic heterocycles. The summed E-state index contributed by atoms with van der Waals surface area (Å²) in [5.41, 5.74) is 2.92. The van der Waals surface area contributed by atoms with Crippen molar-refractivity contribution >= 4 is 11.6 Å². The maximum absolute atomic E-state index is 6.30. The zero-order chi connectivity index (χ0) is 14.4. The smallest absolute Gasteiger partial charge is 0.125 e. The third-order valence-corrected chi connectivity index (χ3v) is 5.22. The second-order valence-corrected chi connectivity index (χ2v) is 7.63. The lowest BCUT2D eigenvalue weighted by atomic mass is 9.69. The second-order valence-electron chi connectivity index (χ2n) is 7.19. The molecule has 0 spiro atoms. The Bertz CT molecular complexity index is 512. The van der Waals surface area contributed by atoms with Gasteiger partial charge in [0.2, 0.25) is 0 Å². The lowest BCUT2D eigenvalue weighted by molar-refractivity contribution is 0.158. The number of hydrogen-bond donors (Lipinski definition) is 1. The minimum Gasteiger partial charge on any atom is -0.493 e. The van der Waals surface area contributed by atoms with E-state index in [9.17, 15) is 0 Å². The maximum Gasteiger partial charge on any atom is 0.125 e. The van der Waals surface area contributed by atoms with Gasteiger partial charge in [0, 0.05) is 17.0 Å². The Balaban J connectivity index is 1.98. The zero-order valence-corrected chi connectivity index (χ0v) is 13.4. The Hall–Kier alpha value is -0.730. The van der Waals surface area contributed by atoms with E-state index < -0.39 is 0 Å². The fraction of sp³-hybridized carbons (Fsp3) is 0.647. The molecule has 0 amide bonds. The monoisotopic (exact) mass is 293 g/mol. The van der Waals surface area contributed by atoms with Gasteiger partial charge in [-0.2, -0.15) is 0 Å². The van der Waals surface area contributed by atoms with Crippen molar-refractivity contribution in [1.29, 1.82) is 0 Å². The van der Waals surface area contributed by atoms with Gasteiger partial charge in [0.15, 0.2) is 0 Å². The Kier molecular flexibility index (Phi) is 3.50. The van der Waals surface area contributed by atoms with Crippen molar-refractivity contribution in [3.8, 4) is 5.75 Å². The van der Waals surface area contributed by atoms with Crippen LogP contribution >= 0.6 is 11.6 Å². The molecule has 2 heterocycles. The zero-order valence-electron chi connectivity index (χ0n) is 12.7. The van der Waals surface area contributed by atoms with Crippen molar-refractivity contribution < 1.29 is 4.74 Å². The number of hydrogen-bond acceptors (Lipinski definition) is 2. The number of fused-ring (bicyclic) bond motifs is 1. The highest BCUT2D eigenvalue weighted by atomic mass is 35.5. The van der Waals surface area contributed by atoms with Crippen LogP contribution in [0.5, 0.6) is 5.75 Å². The van der Waals surface area contributed by atoms with E-state index >= 15 is 0 Å². The van der Waals surface area contributed by atoms with Gasteiger partial charge in [-0.15, -0.1) is 0 Å². The molecule has 1 unspecified atom stereocenters. The first-order valence-electron chi connectivity index (χ1n) is 7.60. The average molecular weight is 294 g/mol. The summed E-state index contributed by atoms with van der Waals surface area (Å²) in [5.74, 6) is 1.09. The topological polar surface area (TPSA) is 21.3 Å². The minimum absolute atomic E-state index is 0.150. The van der Waals surface area contributed by atoms with Crippen molar-refractivity contribution in [1.82, 2.24) is 5.32 Å². The molecule has 1 aromatic carbocycles. The lowest BCUT2D eigenvalue weighted by Crippen LogP contribution is -2.52. The van der Waals surface area contributed by atoms with Crippen LogP contribution in [0.1, 0.15) is 44.7 Å². The molecule has 0 aliphatic carbocycles. The largest absolute Gasteiger partial charge is 0.493 e. The van der Waals surface area contributed by atoms with Gasteiger partial charge < -0.3 is 10.1 Å². The standard InChI is InChI=1S/C17H24ClNO/c1-16(2,3)17(6-4-7-19-17)11-13-10-14(18)9-12-5-8-20-15(12)13/h9-10,19H,4-8,11H2,1-3H3. The molecule has 2 aliphatic rings. The van der Waals surface area contributed by atoms with Gasteiger partial charge >= 0.3 is 0 Å². The molecule has 3 rings (SSSR count). The first-order chi connectivity index (χ1) is 9.41. The van der Waals surface area contributed by atoms with E-state index in [2.05, 4.69) is 38.2 Å². The van der Waals surface area contributed by atoms with Crippen LogP contribution in [0.3, 0.4) is 0 Å². The molecular formula is C17H24ClNO. The van der Waals surface area contributed by atoms with E-state index in [1.165, 1.54) is 24.0 Å². The SMILES string of the molecule is CC(C)(C)C1(Cc2cc(Cl)cc3c2OCC3)CCCN1. The molecule has 2 nitrogen and oxygen atoms in total. The summed E-state index contributed by atoms with van der Waals surface area (Å²) in [6, 6.07) is 4.15. The number of benzene rings is 1. The molecular weight excluding hydrogens is 270 g/mol. The summed E-state index contributed by atoms with van der Waals surface area (Å²) >= 11 is 6.30. The van der Waals surface area contributed by atoms with E-state index in [1.54, 1.807) is 0 Å². The highest BCUT2D eigenvalue weighted by molar-refractivity contribution is 6.30. The quantitative estimate of drug-likeness (QED) is 0.890. The summed E-state index contributed by atoms with van der Waals surface area (Å²) < 4.78 is 5.87. The van der Waals surface area contributed by atoms with Crippen LogP contribution in [0.4, 0.5) is 0 Å². The Morgan fingerprint density at radius 3 is 2.80 bits per heavy atom. The summed E-state index contributed by atoms with van der Waals surface area (Å²) in [5, 5.41) is 4.61. The third kappa shape index (κ3) is 2.33. The molecule has 1 saturated heterocycles. The summed E-state index contributed by atoms with van der Waals surface area (Å²) in [7, 11) is 0. The molecule has 1 aromatic rings. The van der Waals surface area contributed by atoms with Crippen LogP contribution in [0.2, 0.25) is 5.02 Å². The van der Waals surface area contributed by atoms with Gasteiger partial charge in [-0.3, -0.25) is 0 Å². The van der Waals surface area contributed by atoms with Gasteiger partial charge in [-0.05, 0) is 54.5 Å². The molecule has 0 saturated carbocycles. The van der Waals surface area contributed by atoms with Crippen LogP contribution in [0, 0.1) is 5.41 Å². The van der Waals surface area contributed by atoms with Gasteiger partial charge in [-0.25, -0.2) is 0 Å². The number of rotatable bonds is 2. The minimum atomic E-state index is 0.150. The van der Waals surface area contributed by atoms with E-state index in [-0.39, 0.29) is 11.0 Å². The van der Waals surface area contributed by atoms with Crippen molar-refractivity contribution in [3.63, 3.8) is 0 Å². The third-order valence-electron chi connectivity index (χ3n) is 5.00. The first kappa shape index (κ1) is 14.2. The van der Waals surface area contributed by atoms with E-state index in [0.29, 0.717) is 0 Å². The number of nitrogens with one attached hydrogen (secondary N) is 1.